The lowest BCUT2D eigenvalue weighted by molar-refractivity contribution is -0.124. The van der Waals surface area contributed by atoms with Crippen molar-refractivity contribution < 1.29 is 24.2 Å². The molecule has 1 saturated heterocycles. The first kappa shape index (κ1) is 15.3. The Labute approximate surface area is 123 Å². The molecule has 1 aliphatic rings. The third-order valence-electron chi connectivity index (χ3n) is 3.56. The Morgan fingerprint density at radius 1 is 1.43 bits per heavy atom. The molecule has 0 bridgehead atoms. The highest BCUT2D eigenvalue weighted by atomic mass is 16.5. The maximum atomic E-state index is 12.2. The minimum Gasteiger partial charge on any atom is -0.496 e. The molecule has 6 heteroatoms. The Bertz CT molecular complexity index is 543. The van der Waals surface area contributed by atoms with Gasteiger partial charge in [0.05, 0.1) is 13.2 Å². The largest absolute Gasteiger partial charge is 0.496 e. The Kier molecular flexibility index (Phi) is 4.80. The van der Waals surface area contributed by atoms with Crippen LogP contribution in [0.1, 0.15) is 30.1 Å². The molecular formula is C15H19NO5. The molecule has 2 N–H and O–H groups in total. The molecule has 2 atom stereocenters. The number of ether oxygens (including phenoxy) is 2. The van der Waals surface area contributed by atoms with Gasteiger partial charge in [-0.2, -0.15) is 0 Å². The van der Waals surface area contributed by atoms with E-state index in [1.54, 1.807) is 6.07 Å². The second kappa shape index (κ2) is 6.58. The van der Waals surface area contributed by atoms with Crippen LogP contribution in [0.2, 0.25) is 0 Å². The van der Waals surface area contributed by atoms with E-state index >= 15 is 0 Å². The molecule has 0 spiro atoms. The molecule has 0 aliphatic carbocycles. The van der Waals surface area contributed by atoms with Crippen LogP contribution in [0.5, 0.6) is 5.75 Å². The Morgan fingerprint density at radius 3 is 2.81 bits per heavy atom. The van der Waals surface area contributed by atoms with E-state index in [0.29, 0.717) is 25.1 Å². The molecule has 1 amide bonds. The van der Waals surface area contributed by atoms with Gasteiger partial charge in [-0.25, -0.2) is 4.79 Å². The number of aromatic carboxylic acids is 1. The molecule has 2 unspecified atom stereocenters. The lowest BCUT2D eigenvalue weighted by Gasteiger charge is -2.26. The van der Waals surface area contributed by atoms with E-state index in [2.05, 4.69) is 5.32 Å². The summed E-state index contributed by atoms with van der Waals surface area (Å²) < 4.78 is 10.5. The van der Waals surface area contributed by atoms with Crippen LogP contribution in [0.3, 0.4) is 0 Å². The topological polar surface area (TPSA) is 84.9 Å². The fraction of sp³-hybridized carbons (Fsp3) is 0.467. The van der Waals surface area contributed by atoms with Crippen molar-refractivity contribution in [2.75, 3.05) is 19.0 Å². The van der Waals surface area contributed by atoms with E-state index in [-0.39, 0.29) is 29.2 Å². The second-order valence-electron chi connectivity index (χ2n) is 5.11. The quantitative estimate of drug-likeness (QED) is 0.888. The SMILES string of the molecule is COc1cc(NC(=O)C2CCOC(C)C2)ccc1C(=O)O. The molecule has 0 aromatic heterocycles. The molecule has 1 heterocycles. The molecule has 1 aromatic rings. The summed E-state index contributed by atoms with van der Waals surface area (Å²) in [6, 6.07) is 4.50. The normalized spacial score (nSPS) is 21.6. The van der Waals surface area contributed by atoms with Crippen LogP contribution in [-0.2, 0) is 9.53 Å². The number of carbonyl (C=O) groups excluding carboxylic acids is 1. The zero-order valence-electron chi connectivity index (χ0n) is 12.1. The van der Waals surface area contributed by atoms with E-state index in [0.717, 1.165) is 0 Å². The fourth-order valence-electron chi connectivity index (χ4n) is 2.43. The fourth-order valence-corrected chi connectivity index (χ4v) is 2.43. The molecule has 6 nitrogen and oxygen atoms in total. The van der Waals surface area contributed by atoms with Crippen molar-refractivity contribution in [1.29, 1.82) is 0 Å². The summed E-state index contributed by atoms with van der Waals surface area (Å²) in [6.45, 7) is 2.53. The lowest BCUT2D eigenvalue weighted by atomic mass is 9.95. The number of anilines is 1. The molecule has 21 heavy (non-hydrogen) atoms. The summed E-state index contributed by atoms with van der Waals surface area (Å²) in [6.07, 6.45) is 1.47. The number of rotatable bonds is 4. The summed E-state index contributed by atoms with van der Waals surface area (Å²) in [5.74, 6) is -1.00. The third kappa shape index (κ3) is 3.72. The van der Waals surface area contributed by atoms with Crippen LogP contribution in [0.4, 0.5) is 5.69 Å². The van der Waals surface area contributed by atoms with Gasteiger partial charge >= 0.3 is 5.97 Å². The minimum absolute atomic E-state index is 0.0650. The van der Waals surface area contributed by atoms with Gasteiger partial charge in [-0.1, -0.05) is 0 Å². The summed E-state index contributed by atoms with van der Waals surface area (Å²) in [7, 11) is 1.40. The first-order chi connectivity index (χ1) is 10.0. The smallest absolute Gasteiger partial charge is 0.339 e. The predicted octanol–water partition coefficient (Wildman–Crippen LogP) is 2.15. The molecule has 114 valence electrons. The number of carboxylic acids is 1. The van der Waals surface area contributed by atoms with Crippen molar-refractivity contribution in [3.8, 4) is 5.75 Å². The van der Waals surface area contributed by atoms with Gasteiger partial charge in [-0.3, -0.25) is 4.79 Å². The first-order valence-electron chi connectivity index (χ1n) is 6.85. The predicted molar refractivity (Wildman–Crippen MR) is 76.7 cm³/mol. The van der Waals surface area contributed by atoms with Crippen LogP contribution in [0.25, 0.3) is 0 Å². The van der Waals surface area contributed by atoms with Crippen molar-refractivity contribution in [1.82, 2.24) is 0 Å². The van der Waals surface area contributed by atoms with Gasteiger partial charge in [0, 0.05) is 24.3 Å². The van der Waals surface area contributed by atoms with E-state index in [1.165, 1.54) is 19.2 Å². The van der Waals surface area contributed by atoms with Crippen LogP contribution in [0.15, 0.2) is 18.2 Å². The number of amides is 1. The molecular weight excluding hydrogens is 274 g/mol. The van der Waals surface area contributed by atoms with Gasteiger partial charge in [0.2, 0.25) is 5.91 Å². The highest BCUT2D eigenvalue weighted by Crippen LogP contribution is 2.25. The highest BCUT2D eigenvalue weighted by molar-refractivity contribution is 5.95. The third-order valence-corrected chi connectivity index (χ3v) is 3.56. The summed E-state index contributed by atoms with van der Waals surface area (Å²) in [5, 5.41) is 11.8. The average molecular weight is 293 g/mol. The summed E-state index contributed by atoms with van der Waals surface area (Å²) >= 11 is 0. The number of methoxy groups -OCH3 is 1. The molecule has 0 radical (unpaired) electrons. The molecule has 1 fully saturated rings. The van der Waals surface area contributed by atoms with Crippen LogP contribution in [0, 0.1) is 5.92 Å². The van der Waals surface area contributed by atoms with Crippen LogP contribution in [-0.4, -0.2) is 36.8 Å². The first-order valence-corrected chi connectivity index (χ1v) is 6.85. The van der Waals surface area contributed by atoms with Crippen molar-refractivity contribution in [3.63, 3.8) is 0 Å². The maximum Gasteiger partial charge on any atom is 0.339 e. The zero-order valence-corrected chi connectivity index (χ0v) is 12.1. The molecule has 1 aromatic carbocycles. The Hall–Kier alpha value is -2.08. The van der Waals surface area contributed by atoms with Crippen LogP contribution >= 0.6 is 0 Å². The van der Waals surface area contributed by atoms with E-state index in [9.17, 15) is 9.59 Å². The minimum atomic E-state index is -1.07. The number of nitrogens with one attached hydrogen (secondary N) is 1. The average Bonchev–Trinajstić information content (AvgIpc) is 2.46. The van der Waals surface area contributed by atoms with Gasteiger partial charge < -0.3 is 19.9 Å². The van der Waals surface area contributed by atoms with E-state index < -0.39 is 5.97 Å². The zero-order chi connectivity index (χ0) is 15.4. The second-order valence-corrected chi connectivity index (χ2v) is 5.11. The lowest BCUT2D eigenvalue weighted by Crippen LogP contribution is -2.32. The number of benzene rings is 1. The van der Waals surface area contributed by atoms with Gasteiger partial charge in [0.1, 0.15) is 11.3 Å². The molecule has 0 saturated carbocycles. The number of hydrogen-bond donors (Lipinski definition) is 2. The van der Waals surface area contributed by atoms with Crippen molar-refractivity contribution in [2.24, 2.45) is 5.92 Å². The standard InChI is InChI=1S/C15H19NO5/c1-9-7-10(5-6-21-9)14(17)16-11-3-4-12(15(18)19)13(8-11)20-2/h3-4,8-10H,5-7H2,1-2H3,(H,16,17)(H,18,19). The van der Waals surface area contributed by atoms with Crippen molar-refractivity contribution in [2.45, 2.75) is 25.9 Å². The van der Waals surface area contributed by atoms with Crippen LogP contribution < -0.4 is 10.1 Å². The summed E-state index contributed by atoms with van der Waals surface area (Å²) in [5.41, 5.74) is 0.594. The van der Waals surface area contributed by atoms with Gasteiger partial charge in [0.25, 0.3) is 0 Å². The number of hydrogen-bond acceptors (Lipinski definition) is 4. The van der Waals surface area contributed by atoms with Gasteiger partial charge in [-0.15, -0.1) is 0 Å². The summed E-state index contributed by atoms with van der Waals surface area (Å²) in [4.78, 5) is 23.2. The maximum absolute atomic E-state index is 12.2. The van der Waals surface area contributed by atoms with E-state index in [1.807, 2.05) is 6.92 Å². The number of carboxylic acid groups (broad SMARTS) is 1. The monoisotopic (exact) mass is 293 g/mol. The van der Waals surface area contributed by atoms with Gasteiger partial charge in [-0.05, 0) is 31.9 Å². The Balaban J connectivity index is 2.08. The molecule has 2 rings (SSSR count). The molecule has 1 aliphatic heterocycles. The highest BCUT2D eigenvalue weighted by Gasteiger charge is 2.25. The van der Waals surface area contributed by atoms with E-state index in [4.69, 9.17) is 14.6 Å². The number of carbonyl (C=O) groups is 2. The van der Waals surface area contributed by atoms with Crippen molar-refractivity contribution in [3.05, 3.63) is 23.8 Å². The Morgan fingerprint density at radius 2 is 2.19 bits per heavy atom. The van der Waals surface area contributed by atoms with Crippen molar-refractivity contribution >= 4 is 17.6 Å². The van der Waals surface area contributed by atoms with Gasteiger partial charge in [0.15, 0.2) is 0 Å².